The van der Waals surface area contributed by atoms with E-state index in [1.807, 2.05) is 17.4 Å². The standard InChI is InChI=1S/C16H13N3S2/c1-3-7-13-10(5-1)17-15(20-13)11-9-19-12-6-2-4-8-14(12)21-16(19)18-11/h1,3,5,7,9H,2,4,6,8H2. The zero-order valence-corrected chi connectivity index (χ0v) is 13.0. The van der Waals surface area contributed by atoms with Crippen LogP contribution in [0.25, 0.3) is 25.9 Å². The Morgan fingerprint density at radius 1 is 1.00 bits per heavy atom. The molecule has 0 unspecified atom stereocenters. The minimum atomic E-state index is 1.01. The molecule has 3 heterocycles. The lowest BCUT2D eigenvalue weighted by Gasteiger charge is -2.09. The van der Waals surface area contributed by atoms with Crippen LogP contribution in [0.4, 0.5) is 0 Å². The fourth-order valence-electron chi connectivity index (χ4n) is 3.05. The largest absolute Gasteiger partial charge is 0.294 e. The molecule has 104 valence electrons. The molecule has 0 saturated heterocycles. The smallest absolute Gasteiger partial charge is 0.194 e. The number of hydrogen-bond acceptors (Lipinski definition) is 4. The van der Waals surface area contributed by atoms with E-state index in [1.54, 1.807) is 11.3 Å². The first kappa shape index (κ1) is 11.9. The van der Waals surface area contributed by atoms with E-state index in [0.717, 1.165) is 21.2 Å². The summed E-state index contributed by atoms with van der Waals surface area (Å²) in [6, 6.07) is 8.28. The summed E-state index contributed by atoms with van der Waals surface area (Å²) in [6.45, 7) is 0. The van der Waals surface area contributed by atoms with Crippen molar-refractivity contribution in [3.63, 3.8) is 0 Å². The Balaban J connectivity index is 1.68. The molecule has 0 saturated carbocycles. The maximum atomic E-state index is 4.81. The minimum Gasteiger partial charge on any atom is -0.294 e. The van der Waals surface area contributed by atoms with Crippen molar-refractivity contribution >= 4 is 37.9 Å². The quantitative estimate of drug-likeness (QED) is 0.516. The van der Waals surface area contributed by atoms with Crippen LogP contribution in [0.2, 0.25) is 0 Å². The lowest BCUT2D eigenvalue weighted by atomic mass is 10.0. The monoisotopic (exact) mass is 311 g/mol. The fourth-order valence-corrected chi connectivity index (χ4v) is 5.16. The van der Waals surface area contributed by atoms with Gasteiger partial charge in [0.15, 0.2) is 4.96 Å². The van der Waals surface area contributed by atoms with Gasteiger partial charge < -0.3 is 0 Å². The molecule has 0 atom stereocenters. The second-order valence-electron chi connectivity index (χ2n) is 5.44. The van der Waals surface area contributed by atoms with Crippen molar-refractivity contribution in [2.24, 2.45) is 0 Å². The van der Waals surface area contributed by atoms with Gasteiger partial charge in [0.05, 0.1) is 10.2 Å². The first-order chi connectivity index (χ1) is 10.4. The molecule has 0 bridgehead atoms. The number of nitrogens with zero attached hydrogens (tertiary/aromatic N) is 3. The Bertz CT molecular complexity index is 928. The molecule has 0 N–H and O–H groups in total. The van der Waals surface area contributed by atoms with Crippen LogP contribution in [0.15, 0.2) is 30.5 Å². The third-order valence-electron chi connectivity index (χ3n) is 4.08. The van der Waals surface area contributed by atoms with Gasteiger partial charge in [0.25, 0.3) is 0 Å². The zero-order valence-electron chi connectivity index (χ0n) is 11.4. The van der Waals surface area contributed by atoms with E-state index in [-0.39, 0.29) is 0 Å². The predicted octanol–water partition coefficient (Wildman–Crippen LogP) is 4.55. The average Bonchev–Trinajstić information content (AvgIpc) is 3.18. The normalized spacial score (nSPS) is 14.9. The van der Waals surface area contributed by atoms with E-state index in [1.165, 1.54) is 41.0 Å². The van der Waals surface area contributed by atoms with Crippen LogP contribution in [0.5, 0.6) is 0 Å². The maximum Gasteiger partial charge on any atom is 0.194 e. The van der Waals surface area contributed by atoms with Gasteiger partial charge in [-0.15, -0.1) is 22.7 Å². The SMILES string of the molecule is c1ccc2sc(-c3cn4c5c(sc4n3)CCCC5)nc2c1. The summed E-state index contributed by atoms with van der Waals surface area (Å²) in [6.07, 6.45) is 7.20. The Morgan fingerprint density at radius 3 is 2.86 bits per heavy atom. The lowest BCUT2D eigenvalue weighted by Crippen LogP contribution is -2.01. The van der Waals surface area contributed by atoms with E-state index in [0.29, 0.717) is 0 Å². The number of benzene rings is 1. The molecule has 1 aliphatic rings. The third kappa shape index (κ3) is 1.77. The first-order valence-corrected chi connectivity index (χ1v) is 8.87. The molecule has 1 aromatic carbocycles. The highest BCUT2D eigenvalue weighted by Crippen LogP contribution is 2.34. The Hall–Kier alpha value is -1.72. The van der Waals surface area contributed by atoms with Gasteiger partial charge in [-0.1, -0.05) is 12.1 Å². The van der Waals surface area contributed by atoms with Gasteiger partial charge in [0.1, 0.15) is 10.7 Å². The van der Waals surface area contributed by atoms with Gasteiger partial charge in [-0.05, 0) is 37.8 Å². The van der Waals surface area contributed by atoms with Crippen LogP contribution in [0.1, 0.15) is 23.4 Å². The molecule has 5 rings (SSSR count). The number of imidazole rings is 1. The second-order valence-corrected chi connectivity index (χ2v) is 7.54. The molecule has 0 fully saturated rings. The molecule has 0 spiro atoms. The minimum absolute atomic E-state index is 1.01. The van der Waals surface area contributed by atoms with Crippen LogP contribution in [0, 0.1) is 0 Å². The molecular weight excluding hydrogens is 298 g/mol. The van der Waals surface area contributed by atoms with Crippen molar-refractivity contribution in [3.8, 4) is 10.7 Å². The van der Waals surface area contributed by atoms with Crippen molar-refractivity contribution in [1.29, 1.82) is 0 Å². The van der Waals surface area contributed by atoms with Crippen LogP contribution in [-0.4, -0.2) is 14.4 Å². The Morgan fingerprint density at radius 2 is 1.90 bits per heavy atom. The van der Waals surface area contributed by atoms with E-state index in [2.05, 4.69) is 28.8 Å². The lowest BCUT2D eigenvalue weighted by molar-refractivity contribution is 0.674. The summed E-state index contributed by atoms with van der Waals surface area (Å²) >= 11 is 3.57. The summed E-state index contributed by atoms with van der Waals surface area (Å²) in [5.74, 6) is 0. The molecule has 3 nitrogen and oxygen atoms in total. The summed E-state index contributed by atoms with van der Waals surface area (Å²) in [5, 5.41) is 1.02. The highest BCUT2D eigenvalue weighted by molar-refractivity contribution is 7.21. The van der Waals surface area contributed by atoms with Gasteiger partial charge in [-0.2, -0.15) is 0 Å². The van der Waals surface area contributed by atoms with E-state index < -0.39 is 0 Å². The fraction of sp³-hybridized carbons (Fsp3) is 0.250. The van der Waals surface area contributed by atoms with Gasteiger partial charge >= 0.3 is 0 Å². The van der Waals surface area contributed by atoms with E-state index >= 15 is 0 Å². The highest BCUT2D eigenvalue weighted by atomic mass is 32.1. The number of para-hydroxylation sites is 1. The summed E-state index contributed by atoms with van der Waals surface area (Å²) < 4.78 is 3.52. The molecule has 0 radical (unpaired) electrons. The van der Waals surface area contributed by atoms with Gasteiger partial charge in [0, 0.05) is 16.8 Å². The maximum absolute atomic E-state index is 4.81. The summed E-state index contributed by atoms with van der Waals surface area (Å²) in [5.41, 5.74) is 3.55. The second kappa shape index (κ2) is 4.39. The predicted molar refractivity (Wildman–Crippen MR) is 88.3 cm³/mol. The number of fused-ring (bicyclic) bond motifs is 4. The van der Waals surface area contributed by atoms with Crippen LogP contribution in [0.3, 0.4) is 0 Å². The first-order valence-electron chi connectivity index (χ1n) is 7.24. The highest BCUT2D eigenvalue weighted by Gasteiger charge is 2.19. The molecule has 3 aromatic heterocycles. The number of hydrogen-bond donors (Lipinski definition) is 0. The molecule has 4 aromatic rings. The van der Waals surface area contributed by atoms with Crippen molar-refractivity contribution in [1.82, 2.24) is 14.4 Å². The van der Waals surface area contributed by atoms with Crippen LogP contribution in [-0.2, 0) is 12.8 Å². The van der Waals surface area contributed by atoms with Crippen molar-refractivity contribution in [2.45, 2.75) is 25.7 Å². The van der Waals surface area contributed by atoms with Crippen LogP contribution >= 0.6 is 22.7 Å². The zero-order chi connectivity index (χ0) is 13.8. The Labute approximate surface area is 129 Å². The van der Waals surface area contributed by atoms with Crippen molar-refractivity contribution in [2.75, 3.05) is 0 Å². The van der Waals surface area contributed by atoms with Gasteiger partial charge in [-0.25, -0.2) is 9.97 Å². The van der Waals surface area contributed by atoms with Gasteiger partial charge in [-0.3, -0.25) is 4.40 Å². The molecular formula is C16H13N3S2. The number of rotatable bonds is 1. The average molecular weight is 311 g/mol. The molecule has 5 heteroatoms. The van der Waals surface area contributed by atoms with Crippen molar-refractivity contribution in [3.05, 3.63) is 41.0 Å². The summed E-state index contributed by atoms with van der Waals surface area (Å²) in [4.78, 5) is 12.2. The molecule has 0 aliphatic heterocycles. The van der Waals surface area contributed by atoms with Crippen molar-refractivity contribution < 1.29 is 0 Å². The topological polar surface area (TPSA) is 30.2 Å². The molecule has 21 heavy (non-hydrogen) atoms. The summed E-state index contributed by atoms with van der Waals surface area (Å²) in [7, 11) is 0. The number of aryl methyl sites for hydroxylation is 2. The van der Waals surface area contributed by atoms with E-state index in [4.69, 9.17) is 9.97 Å². The molecule has 1 aliphatic carbocycles. The van der Waals surface area contributed by atoms with E-state index in [9.17, 15) is 0 Å². The van der Waals surface area contributed by atoms with Gasteiger partial charge in [0.2, 0.25) is 0 Å². The van der Waals surface area contributed by atoms with Crippen LogP contribution < -0.4 is 0 Å². The molecule has 0 amide bonds. The number of thiazole rings is 2. The Kier molecular flexibility index (Phi) is 2.48. The third-order valence-corrected chi connectivity index (χ3v) is 6.30. The number of aromatic nitrogens is 3.